The summed E-state index contributed by atoms with van der Waals surface area (Å²) < 4.78 is 13.6. The Morgan fingerprint density at radius 1 is 1.29 bits per heavy atom. The third kappa shape index (κ3) is 2.47. The number of carboxylic acid groups (broad SMARTS) is 1. The van der Waals surface area contributed by atoms with Gasteiger partial charge in [-0.2, -0.15) is 0 Å². The Balaban J connectivity index is 2.38. The first-order chi connectivity index (χ1) is 9.84. The van der Waals surface area contributed by atoms with Crippen molar-refractivity contribution in [3.05, 3.63) is 35.1 Å². The van der Waals surface area contributed by atoms with Gasteiger partial charge in [-0.3, -0.25) is 19.3 Å². The fourth-order valence-corrected chi connectivity index (χ4v) is 2.19. The Labute approximate surface area is 118 Å². The number of carbonyl (C=O) groups is 4. The van der Waals surface area contributed by atoms with Gasteiger partial charge in [-0.25, -0.2) is 9.18 Å². The van der Waals surface area contributed by atoms with Gasteiger partial charge in [0.25, 0.3) is 11.8 Å². The number of carboxylic acids is 1. The SMILES string of the molecule is NC(=O)CCC(C(=O)O)N1C(=O)c2cccc(F)c2C1=O. The maximum Gasteiger partial charge on any atom is 0.326 e. The Morgan fingerprint density at radius 3 is 2.48 bits per heavy atom. The summed E-state index contributed by atoms with van der Waals surface area (Å²) in [5.41, 5.74) is 4.30. The molecule has 3 N–H and O–H groups in total. The minimum absolute atomic E-state index is 0.190. The lowest BCUT2D eigenvalue weighted by molar-refractivity contribution is -0.141. The molecule has 21 heavy (non-hydrogen) atoms. The van der Waals surface area contributed by atoms with Crippen molar-refractivity contribution in [1.29, 1.82) is 0 Å². The van der Waals surface area contributed by atoms with Crippen LogP contribution in [0.25, 0.3) is 0 Å². The molecule has 110 valence electrons. The Kier molecular flexibility index (Phi) is 3.70. The Morgan fingerprint density at radius 2 is 1.95 bits per heavy atom. The molecule has 0 spiro atoms. The van der Waals surface area contributed by atoms with E-state index in [4.69, 9.17) is 10.8 Å². The van der Waals surface area contributed by atoms with Gasteiger partial charge in [-0.15, -0.1) is 0 Å². The second kappa shape index (κ2) is 5.31. The lowest BCUT2D eigenvalue weighted by atomic mass is 10.1. The van der Waals surface area contributed by atoms with E-state index < -0.39 is 41.1 Å². The van der Waals surface area contributed by atoms with Gasteiger partial charge in [0.1, 0.15) is 11.9 Å². The average Bonchev–Trinajstić information content (AvgIpc) is 2.64. The van der Waals surface area contributed by atoms with Crippen molar-refractivity contribution in [2.45, 2.75) is 18.9 Å². The Bertz CT molecular complexity index is 658. The van der Waals surface area contributed by atoms with Gasteiger partial charge in [0, 0.05) is 6.42 Å². The predicted molar refractivity (Wildman–Crippen MR) is 66.8 cm³/mol. The maximum absolute atomic E-state index is 13.6. The number of benzene rings is 1. The number of primary amides is 1. The number of carbonyl (C=O) groups excluding carboxylic acids is 3. The first-order valence-electron chi connectivity index (χ1n) is 6.02. The number of hydrogen-bond donors (Lipinski definition) is 2. The largest absolute Gasteiger partial charge is 0.480 e. The summed E-state index contributed by atoms with van der Waals surface area (Å²) in [7, 11) is 0. The molecule has 1 aliphatic heterocycles. The molecule has 0 bridgehead atoms. The van der Waals surface area contributed by atoms with E-state index in [0.717, 1.165) is 6.07 Å². The number of rotatable bonds is 5. The summed E-state index contributed by atoms with van der Waals surface area (Å²) in [4.78, 5) is 46.7. The summed E-state index contributed by atoms with van der Waals surface area (Å²) in [6, 6.07) is 1.93. The zero-order valence-corrected chi connectivity index (χ0v) is 10.7. The first-order valence-corrected chi connectivity index (χ1v) is 6.02. The van der Waals surface area contributed by atoms with Crippen LogP contribution in [-0.4, -0.2) is 39.7 Å². The highest BCUT2D eigenvalue weighted by molar-refractivity contribution is 6.22. The van der Waals surface area contributed by atoms with Crippen molar-refractivity contribution in [1.82, 2.24) is 4.90 Å². The topological polar surface area (TPSA) is 118 Å². The number of aliphatic carboxylic acids is 1. The van der Waals surface area contributed by atoms with Crippen molar-refractivity contribution in [3.8, 4) is 0 Å². The van der Waals surface area contributed by atoms with Crippen LogP contribution in [-0.2, 0) is 9.59 Å². The van der Waals surface area contributed by atoms with E-state index in [1.54, 1.807) is 0 Å². The van der Waals surface area contributed by atoms with Crippen LogP contribution in [0.2, 0.25) is 0 Å². The van der Waals surface area contributed by atoms with Gasteiger partial charge in [-0.1, -0.05) is 6.07 Å². The number of halogens is 1. The Hall–Kier alpha value is -2.77. The van der Waals surface area contributed by atoms with E-state index >= 15 is 0 Å². The molecule has 2 rings (SSSR count). The number of hydrogen-bond acceptors (Lipinski definition) is 4. The van der Waals surface area contributed by atoms with Gasteiger partial charge in [0.2, 0.25) is 5.91 Å². The molecule has 1 aliphatic rings. The van der Waals surface area contributed by atoms with E-state index in [0.29, 0.717) is 4.90 Å². The minimum Gasteiger partial charge on any atom is -0.480 e. The molecule has 0 aromatic heterocycles. The van der Waals surface area contributed by atoms with Crippen LogP contribution in [0.4, 0.5) is 4.39 Å². The molecule has 1 heterocycles. The highest BCUT2D eigenvalue weighted by atomic mass is 19.1. The number of amides is 3. The zero-order chi connectivity index (χ0) is 15.7. The lowest BCUT2D eigenvalue weighted by Crippen LogP contribution is -2.45. The first kappa shape index (κ1) is 14.6. The molecule has 8 heteroatoms. The van der Waals surface area contributed by atoms with E-state index in [9.17, 15) is 23.6 Å². The van der Waals surface area contributed by atoms with Gasteiger partial charge >= 0.3 is 5.97 Å². The quantitative estimate of drug-likeness (QED) is 0.749. The number of imide groups is 1. The van der Waals surface area contributed by atoms with Gasteiger partial charge < -0.3 is 10.8 Å². The molecule has 1 aromatic carbocycles. The van der Waals surface area contributed by atoms with Crippen LogP contribution >= 0.6 is 0 Å². The molecule has 3 amide bonds. The summed E-state index contributed by atoms with van der Waals surface area (Å²) in [6.45, 7) is 0. The zero-order valence-electron chi connectivity index (χ0n) is 10.7. The molecule has 1 aromatic rings. The summed E-state index contributed by atoms with van der Waals surface area (Å²) >= 11 is 0. The van der Waals surface area contributed by atoms with Gasteiger partial charge in [-0.05, 0) is 18.6 Å². The van der Waals surface area contributed by atoms with E-state index in [2.05, 4.69) is 0 Å². The number of fused-ring (bicyclic) bond motifs is 1. The van der Waals surface area contributed by atoms with Crippen molar-refractivity contribution < 1.29 is 28.7 Å². The molecule has 0 saturated heterocycles. The normalized spacial score (nSPS) is 15.0. The van der Waals surface area contributed by atoms with Crippen LogP contribution in [0.5, 0.6) is 0 Å². The van der Waals surface area contributed by atoms with E-state index in [1.807, 2.05) is 0 Å². The summed E-state index contributed by atoms with van der Waals surface area (Å²) in [5, 5.41) is 9.14. The molecular formula is C13H11FN2O5. The van der Waals surface area contributed by atoms with Crippen LogP contribution in [0.15, 0.2) is 18.2 Å². The molecule has 1 atom stereocenters. The molecule has 0 saturated carbocycles. The summed E-state index contributed by atoms with van der Waals surface area (Å²) in [6.07, 6.45) is -0.634. The standard InChI is InChI=1S/C13H11FN2O5/c14-7-3-1-2-6-10(7)12(19)16(11(6)18)8(13(20)21)4-5-9(15)17/h1-3,8H,4-5H2,(H2,15,17)(H,20,21). The second-order valence-corrected chi connectivity index (χ2v) is 4.50. The molecule has 0 aliphatic carbocycles. The van der Waals surface area contributed by atoms with Gasteiger partial charge in [0.15, 0.2) is 0 Å². The average molecular weight is 294 g/mol. The van der Waals surface area contributed by atoms with Crippen molar-refractivity contribution in [2.75, 3.05) is 0 Å². The monoisotopic (exact) mass is 294 g/mol. The fraction of sp³-hybridized carbons (Fsp3) is 0.231. The van der Waals surface area contributed by atoms with Crippen molar-refractivity contribution in [2.24, 2.45) is 5.73 Å². The maximum atomic E-state index is 13.6. The molecule has 0 radical (unpaired) electrons. The molecular weight excluding hydrogens is 283 g/mol. The number of nitrogens with zero attached hydrogens (tertiary/aromatic N) is 1. The van der Waals surface area contributed by atoms with Crippen molar-refractivity contribution in [3.63, 3.8) is 0 Å². The van der Waals surface area contributed by atoms with Crippen LogP contribution in [0, 0.1) is 5.82 Å². The lowest BCUT2D eigenvalue weighted by Gasteiger charge is -2.21. The van der Waals surface area contributed by atoms with E-state index in [-0.39, 0.29) is 18.4 Å². The highest BCUT2D eigenvalue weighted by Gasteiger charge is 2.44. The third-order valence-corrected chi connectivity index (χ3v) is 3.16. The molecule has 1 unspecified atom stereocenters. The number of nitrogens with two attached hydrogens (primary N) is 1. The van der Waals surface area contributed by atoms with E-state index in [1.165, 1.54) is 12.1 Å². The molecule has 0 fully saturated rings. The van der Waals surface area contributed by atoms with Crippen LogP contribution in [0.1, 0.15) is 33.6 Å². The third-order valence-electron chi connectivity index (χ3n) is 3.16. The molecule has 7 nitrogen and oxygen atoms in total. The predicted octanol–water partition coefficient (Wildman–Crippen LogP) is 0.140. The van der Waals surface area contributed by atoms with Gasteiger partial charge in [0.05, 0.1) is 11.1 Å². The highest BCUT2D eigenvalue weighted by Crippen LogP contribution is 2.28. The summed E-state index contributed by atoms with van der Waals surface area (Å²) in [5.74, 6) is -5.04. The smallest absolute Gasteiger partial charge is 0.326 e. The van der Waals surface area contributed by atoms with Crippen LogP contribution < -0.4 is 5.73 Å². The second-order valence-electron chi connectivity index (χ2n) is 4.50. The minimum atomic E-state index is -1.57. The van der Waals surface area contributed by atoms with Crippen molar-refractivity contribution >= 4 is 23.7 Å². The fourth-order valence-electron chi connectivity index (χ4n) is 2.19. The van der Waals surface area contributed by atoms with Crippen LogP contribution in [0.3, 0.4) is 0 Å².